The van der Waals surface area contributed by atoms with Gasteiger partial charge in [0, 0.05) is 22.4 Å². The van der Waals surface area contributed by atoms with Crippen LogP contribution in [0.5, 0.6) is 0 Å². The molecule has 0 bridgehead atoms. The average molecular weight is 408 g/mol. The lowest BCUT2D eigenvalue weighted by molar-refractivity contribution is -0.115. The molecule has 0 aliphatic carbocycles. The van der Waals surface area contributed by atoms with Crippen LogP contribution in [0.3, 0.4) is 0 Å². The summed E-state index contributed by atoms with van der Waals surface area (Å²) in [5.74, 6) is -0.220. The largest absolute Gasteiger partial charge is 0.338 e. The van der Waals surface area contributed by atoms with Gasteiger partial charge in [0.25, 0.3) is 0 Å². The molecule has 0 aliphatic rings. The Balaban J connectivity index is 1.62. The molecule has 1 unspecified atom stereocenters. The third-order valence-corrected chi connectivity index (χ3v) is 5.40. The average Bonchev–Trinajstić information content (AvgIpc) is 3.13. The van der Waals surface area contributed by atoms with Crippen LogP contribution >= 0.6 is 11.8 Å². The van der Waals surface area contributed by atoms with Crippen LogP contribution in [-0.4, -0.2) is 26.5 Å². The highest BCUT2D eigenvalue weighted by molar-refractivity contribution is 8.00. The maximum atomic E-state index is 13.3. The molecule has 29 heavy (non-hydrogen) atoms. The lowest BCUT2D eigenvalue weighted by Gasteiger charge is -2.12. The van der Waals surface area contributed by atoms with Crippen molar-refractivity contribution in [3.8, 4) is 11.3 Å². The first-order valence-electron chi connectivity index (χ1n) is 8.93. The normalized spacial score (nSPS) is 12.1. The van der Waals surface area contributed by atoms with Crippen molar-refractivity contribution < 1.29 is 13.7 Å². The van der Waals surface area contributed by atoms with Gasteiger partial charge in [0.05, 0.1) is 10.9 Å². The van der Waals surface area contributed by atoms with Crippen LogP contribution in [0.1, 0.15) is 12.6 Å². The van der Waals surface area contributed by atoms with E-state index in [2.05, 4.69) is 20.7 Å². The summed E-state index contributed by atoms with van der Waals surface area (Å²) in [6.07, 6.45) is 0. The summed E-state index contributed by atoms with van der Waals surface area (Å²) in [5.41, 5.74) is 2.13. The second-order valence-corrected chi connectivity index (χ2v) is 7.82. The number of anilines is 1. The molecule has 8 heteroatoms. The summed E-state index contributed by atoms with van der Waals surface area (Å²) < 4.78 is 18.3. The quantitative estimate of drug-likeness (QED) is 0.476. The highest BCUT2D eigenvalue weighted by Crippen LogP contribution is 2.33. The van der Waals surface area contributed by atoms with Gasteiger partial charge in [-0.3, -0.25) is 10.1 Å². The van der Waals surface area contributed by atoms with Gasteiger partial charge in [-0.05, 0) is 38.1 Å². The Bertz CT molecular complexity index is 1180. The Labute approximate surface area is 170 Å². The van der Waals surface area contributed by atoms with Crippen molar-refractivity contribution in [2.75, 3.05) is 5.32 Å². The second kappa shape index (κ2) is 8.00. The molecule has 6 nitrogen and oxygen atoms in total. The molecule has 0 saturated heterocycles. The number of carbonyl (C=O) groups excluding carboxylic acids is 1. The number of rotatable bonds is 5. The van der Waals surface area contributed by atoms with E-state index < -0.39 is 5.25 Å². The number of hydrogen-bond acceptors (Lipinski definition) is 6. The maximum absolute atomic E-state index is 13.3. The number of aromatic nitrogens is 3. The molecule has 1 N–H and O–H groups in total. The third kappa shape index (κ3) is 4.12. The van der Waals surface area contributed by atoms with Crippen LogP contribution in [0.15, 0.2) is 64.1 Å². The Morgan fingerprint density at radius 3 is 2.52 bits per heavy atom. The van der Waals surface area contributed by atoms with Gasteiger partial charge in [0.1, 0.15) is 16.5 Å². The van der Waals surface area contributed by atoms with Crippen LogP contribution in [0.2, 0.25) is 0 Å². The van der Waals surface area contributed by atoms with Gasteiger partial charge in [0.15, 0.2) is 0 Å². The molecule has 146 valence electrons. The lowest BCUT2D eigenvalue weighted by Crippen LogP contribution is -2.22. The number of halogens is 1. The van der Waals surface area contributed by atoms with Crippen LogP contribution in [0.4, 0.5) is 10.3 Å². The summed E-state index contributed by atoms with van der Waals surface area (Å²) in [5, 5.41) is 17.1. The van der Waals surface area contributed by atoms with Gasteiger partial charge in [-0.15, -0.1) is 10.2 Å². The van der Waals surface area contributed by atoms with E-state index in [0.717, 1.165) is 16.3 Å². The molecule has 4 aromatic rings. The number of carbonyl (C=O) groups is 1. The highest BCUT2D eigenvalue weighted by atomic mass is 32.2. The fourth-order valence-electron chi connectivity index (χ4n) is 2.85. The van der Waals surface area contributed by atoms with E-state index in [9.17, 15) is 9.18 Å². The predicted octanol–water partition coefficient (Wildman–Crippen LogP) is 4.85. The number of amides is 1. The Kier molecular flexibility index (Phi) is 5.26. The molecule has 0 spiro atoms. The summed E-state index contributed by atoms with van der Waals surface area (Å²) >= 11 is 1.31. The SMILES string of the molecule is Cc1cc(NC(=O)C(C)Sc2nnc(-c3ccc(F)cc3)c3ccccc23)on1. The van der Waals surface area contributed by atoms with Crippen molar-refractivity contribution in [2.24, 2.45) is 0 Å². The van der Waals surface area contributed by atoms with Gasteiger partial charge >= 0.3 is 0 Å². The van der Waals surface area contributed by atoms with E-state index in [1.807, 2.05) is 24.3 Å². The topological polar surface area (TPSA) is 80.9 Å². The number of benzene rings is 2. The molecule has 2 aromatic heterocycles. The predicted molar refractivity (Wildman–Crippen MR) is 110 cm³/mol. The van der Waals surface area contributed by atoms with E-state index in [0.29, 0.717) is 22.3 Å². The van der Waals surface area contributed by atoms with Crippen LogP contribution < -0.4 is 5.32 Å². The van der Waals surface area contributed by atoms with Crippen LogP contribution in [0.25, 0.3) is 22.0 Å². The number of nitrogens with one attached hydrogen (secondary N) is 1. The maximum Gasteiger partial charge on any atom is 0.240 e. The fraction of sp³-hybridized carbons (Fsp3) is 0.143. The Hall–Kier alpha value is -3.26. The number of aryl methyl sites for hydroxylation is 1. The number of thioether (sulfide) groups is 1. The van der Waals surface area contributed by atoms with Crippen molar-refractivity contribution in [1.29, 1.82) is 0 Å². The van der Waals surface area contributed by atoms with Gasteiger partial charge < -0.3 is 4.52 Å². The molecule has 1 atom stereocenters. The van der Waals surface area contributed by atoms with E-state index >= 15 is 0 Å². The van der Waals surface area contributed by atoms with Gasteiger partial charge in [0.2, 0.25) is 11.8 Å². The molecule has 1 amide bonds. The summed E-state index contributed by atoms with van der Waals surface area (Å²) in [4.78, 5) is 12.5. The zero-order chi connectivity index (χ0) is 20.4. The minimum atomic E-state index is -0.435. The van der Waals surface area contributed by atoms with Gasteiger partial charge in [-0.1, -0.05) is 41.2 Å². The Morgan fingerprint density at radius 2 is 1.83 bits per heavy atom. The zero-order valence-corrected chi connectivity index (χ0v) is 16.5. The third-order valence-electron chi connectivity index (χ3n) is 4.30. The van der Waals surface area contributed by atoms with Crippen molar-refractivity contribution >= 4 is 34.3 Å². The first-order valence-corrected chi connectivity index (χ1v) is 9.81. The van der Waals surface area contributed by atoms with Crippen molar-refractivity contribution in [3.05, 3.63) is 66.1 Å². The van der Waals surface area contributed by atoms with Gasteiger partial charge in [-0.25, -0.2) is 4.39 Å². The van der Waals surface area contributed by atoms with E-state index in [1.165, 1.54) is 23.9 Å². The molecular formula is C21H17FN4O2S. The number of nitrogens with zero attached hydrogens (tertiary/aromatic N) is 3. The molecule has 2 heterocycles. The minimum Gasteiger partial charge on any atom is -0.338 e. The molecular weight excluding hydrogens is 391 g/mol. The minimum absolute atomic E-state index is 0.223. The fourth-order valence-corrected chi connectivity index (χ4v) is 3.75. The van der Waals surface area contributed by atoms with Crippen molar-refractivity contribution in [2.45, 2.75) is 24.1 Å². The monoisotopic (exact) mass is 408 g/mol. The molecule has 0 fully saturated rings. The van der Waals surface area contributed by atoms with Crippen molar-refractivity contribution in [1.82, 2.24) is 15.4 Å². The molecule has 4 rings (SSSR count). The van der Waals surface area contributed by atoms with Crippen molar-refractivity contribution in [3.63, 3.8) is 0 Å². The number of hydrogen-bond donors (Lipinski definition) is 1. The molecule has 0 aliphatic heterocycles. The highest BCUT2D eigenvalue weighted by Gasteiger charge is 2.20. The van der Waals surface area contributed by atoms with Crippen LogP contribution in [-0.2, 0) is 4.79 Å². The molecule has 0 saturated carbocycles. The molecule has 0 radical (unpaired) electrons. The van der Waals surface area contributed by atoms with E-state index in [4.69, 9.17) is 4.52 Å². The summed E-state index contributed by atoms with van der Waals surface area (Å²) in [7, 11) is 0. The molecule has 2 aromatic carbocycles. The lowest BCUT2D eigenvalue weighted by atomic mass is 10.1. The van der Waals surface area contributed by atoms with E-state index in [1.54, 1.807) is 32.0 Å². The van der Waals surface area contributed by atoms with E-state index in [-0.39, 0.29) is 11.7 Å². The standard InChI is InChI=1S/C21H17FN4O2S/c1-12-11-18(28-26-12)23-20(27)13(2)29-21-17-6-4-3-5-16(17)19(24-25-21)14-7-9-15(22)10-8-14/h3-11,13H,1-2H3,(H,23,27). The van der Waals surface area contributed by atoms with Gasteiger partial charge in [-0.2, -0.15) is 0 Å². The first-order chi connectivity index (χ1) is 14.0. The van der Waals surface area contributed by atoms with Crippen LogP contribution in [0, 0.1) is 12.7 Å². The summed E-state index contributed by atoms with van der Waals surface area (Å²) in [6.45, 7) is 3.56. The number of fused-ring (bicyclic) bond motifs is 1. The first kappa shape index (κ1) is 19.1. The smallest absolute Gasteiger partial charge is 0.240 e. The summed E-state index contributed by atoms with van der Waals surface area (Å²) in [6, 6.07) is 15.5. The zero-order valence-electron chi connectivity index (χ0n) is 15.7. The Morgan fingerprint density at radius 1 is 1.10 bits per heavy atom. The second-order valence-electron chi connectivity index (χ2n) is 6.49.